The quantitative estimate of drug-likeness (QED) is 0.709. The lowest BCUT2D eigenvalue weighted by Crippen LogP contribution is -2.39. The van der Waals surface area contributed by atoms with Crippen LogP contribution in [0.4, 0.5) is 18.9 Å². The third-order valence-corrected chi connectivity index (χ3v) is 4.87. The molecule has 0 aliphatic rings. The highest BCUT2D eigenvalue weighted by Gasteiger charge is 2.28. The highest BCUT2D eigenvalue weighted by atomic mass is 19.4. The maximum Gasteiger partial charge on any atom is 0.405 e. The van der Waals surface area contributed by atoms with Gasteiger partial charge in [-0.05, 0) is 56.6 Å². The number of halogens is 3. The molecule has 0 aliphatic heterocycles. The van der Waals surface area contributed by atoms with Gasteiger partial charge in [0, 0.05) is 17.8 Å². The summed E-state index contributed by atoms with van der Waals surface area (Å²) < 4.78 is 36.6. The highest BCUT2D eigenvalue weighted by Crippen LogP contribution is 2.20. The van der Waals surface area contributed by atoms with Crippen LogP contribution >= 0.6 is 0 Å². The Morgan fingerprint density at radius 1 is 1.03 bits per heavy atom. The molecule has 2 N–H and O–H groups in total. The molecule has 0 saturated carbocycles. The molecule has 0 radical (unpaired) electrons. The molecule has 0 bridgehead atoms. The summed E-state index contributed by atoms with van der Waals surface area (Å²) in [4.78, 5) is 26.3. The van der Waals surface area contributed by atoms with Gasteiger partial charge in [0.1, 0.15) is 6.54 Å². The van der Waals surface area contributed by atoms with Crippen molar-refractivity contribution in [1.29, 1.82) is 0 Å². The van der Waals surface area contributed by atoms with Crippen LogP contribution in [0.5, 0.6) is 0 Å². The van der Waals surface area contributed by atoms with Crippen molar-refractivity contribution in [2.24, 2.45) is 0 Å². The second-order valence-corrected chi connectivity index (χ2v) is 7.34. The van der Waals surface area contributed by atoms with Crippen molar-refractivity contribution < 1.29 is 22.8 Å². The van der Waals surface area contributed by atoms with Gasteiger partial charge in [0.2, 0.25) is 5.91 Å². The summed E-state index contributed by atoms with van der Waals surface area (Å²) in [6, 6.07) is 11.6. The fourth-order valence-electron chi connectivity index (χ4n) is 2.91. The van der Waals surface area contributed by atoms with E-state index in [0.29, 0.717) is 6.54 Å². The molecular formula is C22H26F3N3O2. The molecule has 8 heteroatoms. The molecule has 0 saturated heterocycles. The SMILES string of the molecule is Cc1cccc(C)c1NC(=O)[C@@H](C)N(C)Cc1ccc(C(=O)NCC(F)(F)F)cc1. The third kappa shape index (κ3) is 6.59. The number of nitrogens with one attached hydrogen (secondary N) is 2. The van der Waals surface area contributed by atoms with Gasteiger partial charge in [0.25, 0.3) is 5.91 Å². The number of hydrogen-bond donors (Lipinski definition) is 2. The van der Waals surface area contributed by atoms with E-state index in [1.54, 1.807) is 26.1 Å². The lowest BCUT2D eigenvalue weighted by Gasteiger charge is -2.25. The Kier molecular flexibility index (Phi) is 7.61. The van der Waals surface area contributed by atoms with Crippen molar-refractivity contribution >= 4 is 17.5 Å². The molecule has 5 nitrogen and oxygen atoms in total. The van der Waals surface area contributed by atoms with Gasteiger partial charge in [0.15, 0.2) is 0 Å². The molecule has 0 aromatic heterocycles. The first-order valence-electron chi connectivity index (χ1n) is 9.49. The van der Waals surface area contributed by atoms with Crippen LogP contribution in [-0.4, -0.2) is 42.5 Å². The summed E-state index contributed by atoms with van der Waals surface area (Å²) in [7, 11) is 1.80. The van der Waals surface area contributed by atoms with E-state index in [1.807, 2.05) is 42.3 Å². The van der Waals surface area contributed by atoms with E-state index in [9.17, 15) is 22.8 Å². The molecule has 0 aliphatic carbocycles. The Bertz CT molecular complexity index is 875. The van der Waals surface area contributed by atoms with Gasteiger partial charge in [-0.1, -0.05) is 30.3 Å². The molecule has 1 atom stereocenters. The zero-order valence-corrected chi connectivity index (χ0v) is 17.4. The maximum absolute atomic E-state index is 12.6. The van der Waals surface area contributed by atoms with Crippen LogP contribution in [0.15, 0.2) is 42.5 Å². The van der Waals surface area contributed by atoms with Crippen LogP contribution in [0.3, 0.4) is 0 Å². The topological polar surface area (TPSA) is 61.4 Å². The Balaban J connectivity index is 1.95. The van der Waals surface area contributed by atoms with Crippen molar-refractivity contribution in [3.05, 3.63) is 64.7 Å². The number of rotatable bonds is 7. The lowest BCUT2D eigenvalue weighted by molar-refractivity contribution is -0.123. The number of likely N-dealkylation sites (N-methyl/N-ethyl adjacent to an activating group) is 1. The molecule has 2 aromatic carbocycles. The van der Waals surface area contributed by atoms with Crippen LogP contribution in [-0.2, 0) is 11.3 Å². The summed E-state index contributed by atoms with van der Waals surface area (Å²) in [5, 5.41) is 4.81. The average Bonchev–Trinajstić information content (AvgIpc) is 2.68. The molecule has 0 spiro atoms. The summed E-state index contributed by atoms with van der Waals surface area (Å²) >= 11 is 0. The largest absolute Gasteiger partial charge is 0.405 e. The minimum Gasteiger partial charge on any atom is -0.343 e. The van der Waals surface area contributed by atoms with Crippen molar-refractivity contribution in [1.82, 2.24) is 10.2 Å². The second-order valence-electron chi connectivity index (χ2n) is 7.34. The number of amides is 2. The zero-order valence-electron chi connectivity index (χ0n) is 17.4. The predicted octanol–water partition coefficient (Wildman–Crippen LogP) is 4.05. The molecule has 162 valence electrons. The number of hydrogen-bond acceptors (Lipinski definition) is 3. The lowest BCUT2D eigenvalue weighted by atomic mass is 10.1. The molecule has 2 aromatic rings. The summed E-state index contributed by atoms with van der Waals surface area (Å²) in [5.41, 5.74) is 3.75. The van der Waals surface area contributed by atoms with Crippen molar-refractivity contribution in [3.8, 4) is 0 Å². The van der Waals surface area contributed by atoms with E-state index in [1.165, 1.54) is 12.1 Å². The van der Waals surface area contributed by atoms with Crippen LogP contribution in [0.2, 0.25) is 0 Å². The van der Waals surface area contributed by atoms with Crippen LogP contribution in [0.1, 0.15) is 34.0 Å². The summed E-state index contributed by atoms with van der Waals surface area (Å²) in [6.07, 6.45) is -4.45. The third-order valence-electron chi connectivity index (χ3n) is 4.87. The Hall–Kier alpha value is -2.87. The Morgan fingerprint density at radius 3 is 2.13 bits per heavy atom. The van der Waals surface area contributed by atoms with Crippen LogP contribution < -0.4 is 10.6 Å². The number of benzene rings is 2. The number of nitrogens with zero attached hydrogens (tertiary/aromatic N) is 1. The van der Waals surface area contributed by atoms with Gasteiger partial charge in [-0.15, -0.1) is 0 Å². The first-order chi connectivity index (χ1) is 14.0. The average molecular weight is 421 g/mol. The van der Waals surface area contributed by atoms with Gasteiger partial charge in [-0.25, -0.2) is 0 Å². The Labute approximate surface area is 174 Å². The van der Waals surface area contributed by atoms with Gasteiger partial charge in [0.05, 0.1) is 6.04 Å². The van der Waals surface area contributed by atoms with Gasteiger partial charge >= 0.3 is 6.18 Å². The van der Waals surface area contributed by atoms with Crippen LogP contribution in [0, 0.1) is 13.8 Å². The van der Waals surface area contributed by atoms with E-state index in [0.717, 1.165) is 22.4 Å². The highest BCUT2D eigenvalue weighted by molar-refractivity contribution is 5.96. The summed E-state index contributed by atoms with van der Waals surface area (Å²) in [5.74, 6) is -0.924. The molecule has 0 unspecified atom stereocenters. The molecule has 30 heavy (non-hydrogen) atoms. The fourth-order valence-corrected chi connectivity index (χ4v) is 2.91. The van der Waals surface area contributed by atoms with E-state index in [4.69, 9.17) is 0 Å². The van der Waals surface area contributed by atoms with Crippen molar-refractivity contribution in [2.75, 3.05) is 18.9 Å². The molecule has 2 amide bonds. The molecule has 0 heterocycles. The number of para-hydroxylation sites is 1. The smallest absolute Gasteiger partial charge is 0.343 e. The van der Waals surface area contributed by atoms with Crippen molar-refractivity contribution in [2.45, 2.75) is 39.5 Å². The number of anilines is 1. The minimum absolute atomic E-state index is 0.141. The van der Waals surface area contributed by atoms with E-state index < -0.39 is 24.7 Å². The second kappa shape index (κ2) is 9.75. The van der Waals surface area contributed by atoms with E-state index >= 15 is 0 Å². The molecule has 2 rings (SSSR count). The zero-order chi connectivity index (χ0) is 22.5. The van der Waals surface area contributed by atoms with E-state index in [-0.39, 0.29) is 11.5 Å². The standard InChI is InChI=1S/C22H26F3N3O2/c1-14-6-5-7-15(2)19(14)27-20(29)16(3)28(4)12-17-8-10-18(11-9-17)21(30)26-13-22(23,24)25/h5-11,16H,12-13H2,1-4H3,(H,26,30)(H,27,29)/t16-/m1/s1. The monoisotopic (exact) mass is 421 g/mol. The summed E-state index contributed by atoms with van der Waals surface area (Å²) in [6.45, 7) is 4.73. The van der Waals surface area contributed by atoms with Crippen molar-refractivity contribution in [3.63, 3.8) is 0 Å². The van der Waals surface area contributed by atoms with Gasteiger partial charge in [-0.2, -0.15) is 13.2 Å². The molecule has 0 fully saturated rings. The first kappa shape index (κ1) is 23.4. The predicted molar refractivity (Wildman–Crippen MR) is 110 cm³/mol. The minimum atomic E-state index is -4.45. The maximum atomic E-state index is 12.6. The number of carbonyl (C=O) groups is 2. The number of carbonyl (C=O) groups excluding carboxylic acids is 2. The van der Waals surface area contributed by atoms with Gasteiger partial charge in [-0.3, -0.25) is 14.5 Å². The fraction of sp³-hybridized carbons (Fsp3) is 0.364. The van der Waals surface area contributed by atoms with Gasteiger partial charge < -0.3 is 10.6 Å². The number of alkyl halides is 3. The first-order valence-corrected chi connectivity index (χ1v) is 9.49. The van der Waals surface area contributed by atoms with Crippen LogP contribution in [0.25, 0.3) is 0 Å². The number of aryl methyl sites for hydroxylation is 2. The normalized spacial score (nSPS) is 12.5. The van der Waals surface area contributed by atoms with E-state index in [2.05, 4.69) is 5.32 Å². The molecular weight excluding hydrogens is 395 g/mol. The Morgan fingerprint density at radius 2 is 1.60 bits per heavy atom.